The first-order chi connectivity index (χ1) is 10.8. The van der Waals surface area contributed by atoms with Gasteiger partial charge in [0.15, 0.2) is 0 Å². The summed E-state index contributed by atoms with van der Waals surface area (Å²) >= 11 is 0. The molecular weight excluding hydrogens is 278 g/mol. The van der Waals surface area contributed by atoms with Crippen LogP contribution in [0.4, 0.5) is 0 Å². The average molecular weight is 303 g/mol. The van der Waals surface area contributed by atoms with Gasteiger partial charge < -0.3 is 15.4 Å². The molecule has 2 saturated heterocycles. The van der Waals surface area contributed by atoms with Crippen molar-refractivity contribution in [3.8, 4) is 0 Å². The van der Waals surface area contributed by atoms with E-state index >= 15 is 0 Å². The Hall–Kier alpha value is -1.43. The van der Waals surface area contributed by atoms with Crippen LogP contribution < -0.4 is 10.6 Å². The van der Waals surface area contributed by atoms with E-state index in [0.29, 0.717) is 25.7 Å². The molecule has 3 rings (SSSR count). The van der Waals surface area contributed by atoms with Gasteiger partial charge in [-0.1, -0.05) is 30.3 Å². The summed E-state index contributed by atoms with van der Waals surface area (Å²) in [5, 5.41) is 6.25. The molecule has 0 radical (unpaired) electrons. The Morgan fingerprint density at radius 1 is 1.36 bits per heavy atom. The van der Waals surface area contributed by atoms with E-state index in [1.54, 1.807) is 0 Å². The van der Waals surface area contributed by atoms with Gasteiger partial charge >= 0.3 is 0 Å². The lowest BCUT2D eigenvalue weighted by molar-refractivity contribution is -0.134. The van der Waals surface area contributed by atoms with E-state index in [-0.39, 0.29) is 12.0 Å². The lowest BCUT2D eigenvalue weighted by atomic mass is 10.1. The van der Waals surface area contributed by atoms with E-state index in [1.807, 2.05) is 6.07 Å². The van der Waals surface area contributed by atoms with Crippen LogP contribution >= 0.6 is 0 Å². The first-order valence-corrected chi connectivity index (χ1v) is 8.21. The van der Waals surface area contributed by atoms with Gasteiger partial charge in [-0.25, -0.2) is 0 Å². The maximum absolute atomic E-state index is 12.1. The maximum Gasteiger partial charge on any atom is 0.250 e. The monoisotopic (exact) mass is 303 g/mol. The zero-order chi connectivity index (χ0) is 15.2. The van der Waals surface area contributed by atoms with Crippen molar-refractivity contribution in [3.05, 3.63) is 35.9 Å². The second kappa shape index (κ2) is 7.72. The summed E-state index contributed by atoms with van der Waals surface area (Å²) in [6.45, 7) is 4.84. The van der Waals surface area contributed by atoms with E-state index in [4.69, 9.17) is 4.74 Å². The number of hydrogen-bond donors (Lipinski definition) is 2. The van der Waals surface area contributed by atoms with E-state index in [2.05, 4.69) is 39.8 Å². The third-order valence-corrected chi connectivity index (χ3v) is 4.46. The molecule has 1 aromatic carbocycles. The summed E-state index contributed by atoms with van der Waals surface area (Å²) in [6, 6.07) is 11.0. The number of morpholine rings is 1. The van der Waals surface area contributed by atoms with E-state index in [1.165, 1.54) is 12.0 Å². The van der Waals surface area contributed by atoms with Crippen molar-refractivity contribution in [3.63, 3.8) is 0 Å². The third kappa shape index (κ3) is 4.06. The number of ether oxygens (including phenoxy) is 1. The fraction of sp³-hybridized carbons (Fsp3) is 0.588. The molecule has 2 unspecified atom stereocenters. The Labute approximate surface area is 132 Å². The highest BCUT2D eigenvalue weighted by molar-refractivity contribution is 5.81. The molecule has 120 valence electrons. The molecule has 0 saturated carbocycles. The van der Waals surface area contributed by atoms with Crippen LogP contribution in [0.15, 0.2) is 30.3 Å². The van der Waals surface area contributed by atoms with E-state index in [0.717, 1.165) is 26.1 Å². The Bertz CT molecular complexity index is 474. The van der Waals surface area contributed by atoms with Crippen molar-refractivity contribution in [2.45, 2.75) is 31.5 Å². The topological polar surface area (TPSA) is 53.6 Å². The molecule has 2 N–H and O–H groups in total. The molecular formula is C17H25N3O2. The molecule has 0 aromatic heterocycles. The second-order valence-electron chi connectivity index (χ2n) is 6.06. The van der Waals surface area contributed by atoms with Crippen LogP contribution in [0.3, 0.4) is 0 Å². The smallest absolute Gasteiger partial charge is 0.250 e. The van der Waals surface area contributed by atoms with E-state index < -0.39 is 0 Å². The predicted molar refractivity (Wildman–Crippen MR) is 85.5 cm³/mol. The van der Waals surface area contributed by atoms with Gasteiger partial charge in [0.25, 0.3) is 5.91 Å². The van der Waals surface area contributed by atoms with Crippen LogP contribution in [0.25, 0.3) is 0 Å². The molecule has 2 atom stereocenters. The molecule has 2 fully saturated rings. The SMILES string of the molecule is O=C(NCC1CCCN1Cc1ccccc1)C1CNCCO1. The number of rotatable bonds is 5. The number of nitrogens with one attached hydrogen (secondary N) is 2. The van der Waals surface area contributed by atoms with Gasteiger partial charge in [-0.3, -0.25) is 9.69 Å². The number of carbonyl (C=O) groups is 1. The minimum atomic E-state index is -0.335. The Morgan fingerprint density at radius 2 is 2.23 bits per heavy atom. The van der Waals surface area contributed by atoms with Crippen LogP contribution in [-0.4, -0.2) is 55.7 Å². The highest BCUT2D eigenvalue weighted by Gasteiger charge is 2.27. The fourth-order valence-electron chi connectivity index (χ4n) is 3.22. The summed E-state index contributed by atoms with van der Waals surface area (Å²) in [6.07, 6.45) is 2.02. The molecule has 2 aliphatic rings. The molecule has 5 heteroatoms. The minimum absolute atomic E-state index is 0.0127. The standard InChI is InChI=1S/C17H25N3O2/c21-17(16-12-18-8-10-22-16)19-11-15-7-4-9-20(15)13-14-5-2-1-3-6-14/h1-3,5-6,15-16,18H,4,7-13H2,(H,19,21). The largest absolute Gasteiger partial charge is 0.366 e. The first kappa shape index (κ1) is 15.5. The van der Waals surface area contributed by atoms with E-state index in [9.17, 15) is 4.79 Å². The Morgan fingerprint density at radius 3 is 3.00 bits per heavy atom. The molecule has 2 aliphatic heterocycles. The summed E-state index contributed by atoms with van der Waals surface area (Å²) in [7, 11) is 0. The quantitative estimate of drug-likeness (QED) is 0.843. The van der Waals surface area contributed by atoms with Crippen LogP contribution in [0.2, 0.25) is 0 Å². The predicted octanol–water partition coefficient (Wildman–Crippen LogP) is 0.756. The molecule has 22 heavy (non-hydrogen) atoms. The minimum Gasteiger partial charge on any atom is -0.366 e. The number of carbonyl (C=O) groups excluding carboxylic acids is 1. The summed E-state index contributed by atoms with van der Waals surface area (Å²) in [5.74, 6) is 0.0127. The Kier molecular flexibility index (Phi) is 5.43. The summed E-state index contributed by atoms with van der Waals surface area (Å²) < 4.78 is 5.49. The highest BCUT2D eigenvalue weighted by Crippen LogP contribution is 2.19. The van der Waals surface area contributed by atoms with Crippen molar-refractivity contribution >= 4 is 5.91 Å². The van der Waals surface area contributed by atoms with Gasteiger partial charge in [-0.15, -0.1) is 0 Å². The molecule has 5 nitrogen and oxygen atoms in total. The van der Waals surface area contributed by atoms with Crippen molar-refractivity contribution in [2.24, 2.45) is 0 Å². The number of hydrogen-bond acceptors (Lipinski definition) is 4. The van der Waals surface area contributed by atoms with Gasteiger partial charge in [0.05, 0.1) is 6.61 Å². The number of amides is 1. The number of likely N-dealkylation sites (tertiary alicyclic amines) is 1. The zero-order valence-electron chi connectivity index (χ0n) is 13.0. The summed E-state index contributed by atoms with van der Waals surface area (Å²) in [4.78, 5) is 14.6. The fourth-order valence-corrected chi connectivity index (χ4v) is 3.22. The van der Waals surface area contributed by atoms with Gasteiger partial charge in [-0.05, 0) is 24.9 Å². The van der Waals surface area contributed by atoms with Crippen LogP contribution in [-0.2, 0) is 16.1 Å². The van der Waals surface area contributed by atoms with Gasteiger partial charge in [-0.2, -0.15) is 0 Å². The van der Waals surface area contributed by atoms with Crippen molar-refractivity contribution in [2.75, 3.05) is 32.8 Å². The molecule has 0 bridgehead atoms. The highest BCUT2D eigenvalue weighted by atomic mass is 16.5. The van der Waals surface area contributed by atoms with Crippen molar-refractivity contribution < 1.29 is 9.53 Å². The lowest BCUT2D eigenvalue weighted by Gasteiger charge is -2.27. The number of nitrogens with zero attached hydrogens (tertiary/aromatic N) is 1. The lowest BCUT2D eigenvalue weighted by Crippen LogP contribution is -2.50. The molecule has 1 amide bonds. The normalized spacial score (nSPS) is 26.0. The van der Waals surface area contributed by atoms with Crippen molar-refractivity contribution in [1.29, 1.82) is 0 Å². The van der Waals surface area contributed by atoms with Crippen LogP contribution in [0.1, 0.15) is 18.4 Å². The van der Waals surface area contributed by atoms with Gasteiger partial charge in [0.1, 0.15) is 6.10 Å². The summed E-state index contributed by atoms with van der Waals surface area (Å²) in [5.41, 5.74) is 1.33. The second-order valence-corrected chi connectivity index (χ2v) is 6.06. The maximum atomic E-state index is 12.1. The van der Waals surface area contributed by atoms with Crippen LogP contribution in [0, 0.1) is 0 Å². The van der Waals surface area contributed by atoms with Gasteiger partial charge in [0.2, 0.25) is 0 Å². The third-order valence-electron chi connectivity index (χ3n) is 4.46. The van der Waals surface area contributed by atoms with Crippen molar-refractivity contribution in [1.82, 2.24) is 15.5 Å². The molecule has 0 spiro atoms. The molecule has 0 aliphatic carbocycles. The zero-order valence-corrected chi connectivity index (χ0v) is 13.0. The molecule has 2 heterocycles. The van der Waals surface area contributed by atoms with Crippen LogP contribution in [0.5, 0.6) is 0 Å². The molecule has 1 aromatic rings. The Balaban J connectivity index is 1.47. The average Bonchev–Trinajstić information content (AvgIpc) is 3.01. The number of benzene rings is 1. The van der Waals surface area contributed by atoms with Gasteiger partial charge in [0, 0.05) is 32.2 Å². The first-order valence-electron chi connectivity index (χ1n) is 8.21.